The molecule has 1 fully saturated rings. The third-order valence-electron chi connectivity index (χ3n) is 3.78. The minimum Gasteiger partial charge on any atom is -0.397 e. The molecular formula is C13H22N4O. The number of aryl methyl sites for hydroxylation is 1. The highest BCUT2D eigenvalue weighted by molar-refractivity contribution is 5.93. The summed E-state index contributed by atoms with van der Waals surface area (Å²) < 4.78 is 1.80. The Labute approximate surface area is 108 Å². The molecule has 0 aromatic carbocycles. The number of rotatable bonds is 2. The van der Waals surface area contributed by atoms with Crippen molar-refractivity contribution in [3.05, 3.63) is 18.0 Å². The van der Waals surface area contributed by atoms with Crippen molar-refractivity contribution in [3.63, 3.8) is 0 Å². The van der Waals surface area contributed by atoms with E-state index in [0.717, 1.165) is 26.1 Å². The van der Waals surface area contributed by atoms with Crippen LogP contribution in [0.4, 0.5) is 5.69 Å². The second-order valence-corrected chi connectivity index (χ2v) is 5.06. The molecule has 18 heavy (non-hydrogen) atoms. The molecule has 1 saturated heterocycles. The third kappa shape index (κ3) is 2.36. The van der Waals surface area contributed by atoms with Crippen molar-refractivity contribution in [2.24, 2.45) is 7.05 Å². The summed E-state index contributed by atoms with van der Waals surface area (Å²) >= 11 is 0. The van der Waals surface area contributed by atoms with Crippen LogP contribution in [-0.4, -0.2) is 53.0 Å². The highest BCUT2D eigenvalue weighted by Crippen LogP contribution is 2.16. The fourth-order valence-electron chi connectivity index (χ4n) is 2.54. The Kier molecular flexibility index (Phi) is 3.61. The zero-order chi connectivity index (χ0) is 13.3. The van der Waals surface area contributed by atoms with Gasteiger partial charge in [-0.1, -0.05) is 6.92 Å². The van der Waals surface area contributed by atoms with Crippen LogP contribution in [0.2, 0.25) is 0 Å². The maximum Gasteiger partial charge on any atom is 0.270 e. The molecule has 5 nitrogen and oxygen atoms in total. The molecule has 0 aliphatic carbocycles. The number of aromatic nitrogens is 1. The van der Waals surface area contributed by atoms with Crippen LogP contribution in [0.3, 0.4) is 0 Å². The number of nitrogens with zero attached hydrogens (tertiary/aromatic N) is 3. The van der Waals surface area contributed by atoms with Crippen molar-refractivity contribution in [1.29, 1.82) is 0 Å². The van der Waals surface area contributed by atoms with E-state index in [-0.39, 0.29) is 5.91 Å². The quantitative estimate of drug-likeness (QED) is 0.843. The Hall–Kier alpha value is -1.49. The molecular weight excluding hydrogens is 228 g/mol. The van der Waals surface area contributed by atoms with Gasteiger partial charge in [-0.05, 0) is 19.5 Å². The maximum atomic E-state index is 12.4. The van der Waals surface area contributed by atoms with Crippen LogP contribution in [0.25, 0.3) is 0 Å². The molecule has 2 rings (SSSR count). The number of likely N-dealkylation sites (N-methyl/N-ethyl adjacent to an activating group) is 1. The average Bonchev–Trinajstić information content (AvgIpc) is 2.68. The number of piperazine rings is 1. The number of hydrogen-bond acceptors (Lipinski definition) is 3. The smallest absolute Gasteiger partial charge is 0.270 e. The highest BCUT2D eigenvalue weighted by Gasteiger charge is 2.27. The van der Waals surface area contributed by atoms with Crippen LogP contribution < -0.4 is 5.73 Å². The second kappa shape index (κ2) is 5.02. The maximum absolute atomic E-state index is 12.4. The fraction of sp³-hybridized carbons (Fsp3) is 0.615. The molecule has 1 aliphatic rings. The number of nitrogens with two attached hydrogens (primary N) is 1. The van der Waals surface area contributed by atoms with Crippen LogP contribution in [0.15, 0.2) is 12.3 Å². The van der Waals surface area contributed by atoms with E-state index in [2.05, 4.69) is 18.9 Å². The van der Waals surface area contributed by atoms with E-state index in [1.54, 1.807) is 16.8 Å². The number of hydrogen-bond donors (Lipinski definition) is 1. The second-order valence-electron chi connectivity index (χ2n) is 5.06. The summed E-state index contributed by atoms with van der Waals surface area (Å²) in [6, 6.07) is 2.21. The van der Waals surface area contributed by atoms with Gasteiger partial charge in [-0.2, -0.15) is 0 Å². The van der Waals surface area contributed by atoms with Gasteiger partial charge >= 0.3 is 0 Å². The predicted molar refractivity (Wildman–Crippen MR) is 72.4 cm³/mol. The number of amides is 1. The van der Waals surface area contributed by atoms with E-state index >= 15 is 0 Å². The first-order valence-corrected chi connectivity index (χ1v) is 6.44. The lowest BCUT2D eigenvalue weighted by Crippen LogP contribution is -2.53. The van der Waals surface area contributed by atoms with Gasteiger partial charge in [0.15, 0.2) is 0 Å². The van der Waals surface area contributed by atoms with Crippen molar-refractivity contribution in [1.82, 2.24) is 14.4 Å². The molecule has 5 heteroatoms. The fourth-order valence-corrected chi connectivity index (χ4v) is 2.54. The summed E-state index contributed by atoms with van der Waals surface area (Å²) in [4.78, 5) is 16.7. The molecule has 1 aromatic rings. The Morgan fingerprint density at radius 3 is 2.72 bits per heavy atom. The van der Waals surface area contributed by atoms with E-state index in [1.165, 1.54) is 0 Å². The van der Waals surface area contributed by atoms with Gasteiger partial charge in [-0.25, -0.2) is 0 Å². The lowest BCUT2D eigenvalue weighted by Gasteiger charge is -2.39. The molecule has 1 aliphatic heterocycles. The number of anilines is 1. The summed E-state index contributed by atoms with van der Waals surface area (Å²) in [5.41, 5.74) is 7.04. The van der Waals surface area contributed by atoms with Crippen molar-refractivity contribution in [2.45, 2.75) is 19.4 Å². The van der Waals surface area contributed by atoms with Crippen LogP contribution in [0, 0.1) is 0 Å². The van der Waals surface area contributed by atoms with Crippen molar-refractivity contribution < 1.29 is 4.79 Å². The van der Waals surface area contributed by atoms with Gasteiger partial charge in [-0.15, -0.1) is 0 Å². The topological polar surface area (TPSA) is 54.5 Å². The molecule has 100 valence electrons. The average molecular weight is 250 g/mol. The van der Waals surface area contributed by atoms with Crippen molar-refractivity contribution in [2.75, 3.05) is 32.4 Å². The highest BCUT2D eigenvalue weighted by atomic mass is 16.2. The summed E-state index contributed by atoms with van der Waals surface area (Å²) in [5, 5.41) is 0. The van der Waals surface area contributed by atoms with Crippen LogP contribution in [0.5, 0.6) is 0 Å². The van der Waals surface area contributed by atoms with Gasteiger partial charge in [-0.3, -0.25) is 9.69 Å². The monoisotopic (exact) mass is 250 g/mol. The van der Waals surface area contributed by atoms with E-state index < -0.39 is 0 Å². The van der Waals surface area contributed by atoms with E-state index in [4.69, 9.17) is 5.73 Å². The predicted octanol–water partition coefficient (Wildman–Crippen LogP) is 0.773. The minimum atomic E-state index is 0.0840. The molecule has 2 heterocycles. The van der Waals surface area contributed by atoms with Crippen molar-refractivity contribution >= 4 is 11.6 Å². The zero-order valence-electron chi connectivity index (χ0n) is 11.4. The van der Waals surface area contributed by atoms with Crippen LogP contribution in [0.1, 0.15) is 23.8 Å². The largest absolute Gasteiger partial charge is 0.397 e. The molecule has 0 radical (unpaired) electrons. The van der Waals surface area contributed by atoms with Crippen molar-refractivity contribution in [3.8, 4) is 0 Å². The Morgan fingerprint density at radius 1 is 1.44 bits per heavy atom. The summed E-state index contributed by atoms with van der Waals surface area (Å²) in [7, 11) is 3.98. The lowest BCUT2D eigenvalue weighted by atomic mass is 10.1. The van der Waals surface area contributed by atoms with Gasteiger partial charge in [0.2, 0.25) is 0 Å². The Morgan fingerprint density at radius 2 is 2.17 bits per heavy atom. The zero-order valence-corrected chi connectivity index (χ0v) is 11.4. The third-order valence-corrected chi connectivity index (χ3v) is 3.78. The minimum absolute atomic E-state index is 0.0840. The summed E-state index contributed by atoms with van der Waals surface area (Å²) in [6.45, 7) is 4.69. The standard InChI is InChI=1S/C13H22N4O/c1-4-11-9-17(6-5-15(11)2)13(18)12-7-10(14)8-16(12)3/h7-8,11H,4-6,9,14H2,1-3H3. The molecule has 1 amide bonds. The normalized spacial score (nSPS) is 21.3. The van der Waals surface area contributed by atoms with Gasteiger partial charge in [0.25, 0.3) is 5.91 Å². The van der Waals surface area contributed by atoms with Crippen LogP contribution >= 0.6 is 0 Å². The van der Waals surface area contributed by atoms with E-state index in [0.29, 0.717) is 17.4 Å². The molecule has 0 saturated carbocycles. The van der Waals surface area contributed by atoms with Gasteiger partial charge in [0, 0.05) is 38.9 Å². The van der Waals surface area contributed by atoms with E-state index in [9.17, 15) is 4.79 Å². The summed E-state index contributed by atoms with van der Waals surface area (Å²) in [6.07, 6.45) is 2.84. The molecule has 1 atom stereocenters. The molecule has 0 spiro atoms. The molecule has 1 aromatic heterocycles. The number of carbonyl (C=O) groups is 1. The Balaban J connectivity index is 2.12. The molecule has 2 N–H and O–H groups in total. The lowest BCUT2D eigenvalue weighted by molar-refractivity contribution is 0.0533. The first-order valence-electron chi connectivity index (χ1n) is 6.44. The Bertz CT molecular complexity index is 440. The van der Waals surface area contributed by atoms with Crippen LogP contribution in [-0.2, 0) is 7.05 Å². The number of carbonyl (C=O) groups excluding carboxylic acids is 1. The van der Waals surface area contributed by atoms with Gasteiger partial charge in [0.1, 0.15) is 5.69 Å². The first kappa shape index (κ1) is 13.0. The molecule has 0 bridgehead atoms. The van der Waals surface area contributed by atoms with E-state index in [1.807, 2.05) is 11.9 Å². The van der Waals surface area contributed by atoms with Gasteiger partial charge < -0.3 is 15.2 Å². The first-order chi connectivity index (χ1) is 8.52. The SMILES string of the molecule is CCC1CN(C(=O)c2cc(N)cn2C)CCN1C. The summed E-state index contributed by atoms with van der Waals surface area (Å²) in [5.74, 6) is 0.0840. The number of nitrogen functional groups attached to an aromatic ring is 1. The van der Waals surface area contributed by atoms with Gasteiger partial charge in [0.05, 0.1) is 5.69 Å². The molecule has 1 unspecified atom stereocenters.